The summed E-state index contributed by atoms with van der Waals surface area (Å²) in [4.78, 5) is 8.02. The van der Waals surface area contributed by atoms with Crippen molar-refractivity contribution in [3.8, 4) is 0 Å². The van der Waals surface area contributed by atoms with Gasteiger partial charge < -0.3 is 0 Å². The van der Waals surface area contributed by atoms with Crippen LogP contribution in [-0.4, -0.2) is 42.9 Å². The Bertz CT molecular complexity index is 377. The fourth-order valence-corrected chi connectivity index (χ4v) is 1.93. The van der Waals surface area contributed by atoms with Gasteiger partial charge in [0.05, 0.1) is 0 Å². The lowest BCUT2D eigenvalue weighted by Gasteiger charge is -2.39. The zero-order valence-corrected chi connectivity index (χ0v) is 10.7. The Balaban J connectivity index is 2.01. The Morgan fingerprint density at radius 3 is 2.65 bits per heavy atom. The van der Waals surface area contributed by atoms with Crippen LogP contribution in [0.4, 0.5) is 0 Å². The first-order valence-electron chi connectivity index (χ1n) is 6.00. The van der Waals surface area contributed by atoms with Crippen LogP contribution in [0.3, 0.4) is 0 Å². The predicted molar refractivity (Wildman–Crippen MR) is 70.2 cm³/mol. The Hall–Kier alpha value is -1.16. The van der Waals surface area contributed by atoms with E-state index in [0.717, 1.165) is 6.54 Å². The zero-order valence-electron chi connectivity index (χ0n) is 10.7. The number of rotatable bonds is 2. The summed E-state index contributed by atoms with van der Waals surface area (Å²) >= 11 is 0. The summed E-state index contributed by atoms with van der Waals surface area (Å²) in [7, 11) is 4.07. The van der Waals surface area contributed by atoms with Crippen LogP contribution in [0.5, 0.6) is 0 Å². The van der Waals surface area contributed by atoms with Crippen LogP contribution in [0.2, 0.25) is 0 Å². The van der Waals surface area contributed by atoms with Crippen molar-refractivity contribution in [2.75, 3.05) is 20.6 Å². The minimum atomic E-state index is 0.0245. The first-order chi connectivity index (χ1) is 8.16. The fourth-order valence-electron chi connectivity index (χ4n) is 1.93. The third-order valence-electron chi connectivity index (χ3n) is 3.13. The quantitative estimate of drug-likeness (QED) is 0.777. The molecule has 1 heterocycles. The monoisotopic (exact) mass is 232 g/mol. The van der Waals surface area contributed by atoms with E-state index in [4.69, 9.17) is 4.84 Å². The van der Waals surface area contributed by atoms with Gasteiger partial charge in [-0.25, -0.2) is 0 Å². The number of hydrogen-bond acceptors (Lipinski definition) is 3. The van der Waals surface area contributed by atoms with E-state index < -0.39 is 0 Å². The molecule has 0 bridgehead atoms. The fraction of sp³-hybridized carbons (Fsp3) is 0.429. The van der Waals surface area contributed by atoms with Gasteiger partial charge in [-0.1, -0.05) is 36.4 Å². The van der Waals surface area contributed by atoms with Crippen molar-refractivity contribution < 1.29 is 4.84 Å². The van der Waals surface area contributed by atoms with Crippen molar-refractivity contribution in [3.05, 3.63) is 42.0 Å². The third kappa shape index (κ3) is 3.16. The van der Waals surface area contributed by atoms with Crippen molar-refractivity contribution in [2.45, 2.75) is 19.2 Å². The molecule has 0 saturated carbocycles. The van der Waals surface area contributed by atoms with Crippen molar-refractivity contribution in [2.24, 2.45) is 0 Å². The molecule has 0 N–H and O–H groups in total. The van der Waals surface area contributed by atoms with Crippen molar-refractivity contribution in [1.29, 1.82) is 0 Å². The van der Waals surface area contributed by atoms with Crippen LogP contribution in [-0.2, 0) is 4.84 Å². The second-order valence-corrected chi connectivity index (χ2v) is 4.60. The summed E-state index contributed by atoms with van der Waals surface area (Å²) < 4.78 is 0. The molecule has 0 spiro atoms. The van der Waals surface area contributed by atoms with Crippen molar-refractivity contribution in [1.82, 2.24) is 9.96 Å². The average molecular weight is 232 g/mol. The molecular weight excluding hydrogens is 212 g/mol. The van der Waals surface area contributed by atoms with Gasteiger partial charge in [0.15, 0.2) is 6.23 Å². The van der Waals surface area contributed by atoms with E-state index in [1.165, 1.54) is 5.56 Å². The smallest absolute Gasteiger partial charge is 0.151 e. The molecule has 2 atom stereocenters. The van der Waals surface area contributed by atoms with Crippen LogP contribution < -0.4 is 0 Å². The summed E-state index contributed by atoms with van der Waals surface area (Å²) in [6, 6.07) is 10.7. The van der Waals surface area contributed by atoms with Crippen LogP contribution >= 0.6 is 0 Å². The molecule has 0 unspecified atom stereocenters. The Kier molecular flexibility index (Phi) is 3.94. The molecule has 92 valence electrons. The first kappa shape index (κ1) is 12.3. The summed E-state index contributed by atoms with van der Waals surface area (Å²) in [6.07, 6.45) is 4.22. The van der Waals surface area contributed by atoms with Gasteiger partial charge in [0, 0.05) is 19.6 Å². The highest BCUT2D eigenvalue weighted by Gasteiger charge is 2.25. The normalized spacial score (nSPS) is 27.7. The minimum absolute atomic E-state index is 0.0245. The van der Waals surface area contributed by atoms with Gasteiger partial charge in [-0.3, -0.25) is 9.74 Å². The molecule has 1 fully saturated rings. The van der Waals surface area contributed by atoms with E-state index in [1.54, 1.807) is 0 Å². The van der Waals surface area contributed by atoms with Crippen LogP contribution in [0.15, 0.2) is 36.4 Å². The second-order valence-electron chi connectivity index (χ2n) is 4.60. The Morgan fingerprint density at radius 2 is 1.94 bits per heavy atom. The van der Waals surface area contributed by atoms with Gasteiger partial charge in [-0.05, 0) is 25.6 Å². The van der Waals surface area contributed by atoms with E-state index in [2.05, 4.69) is 43.2 Å². The molecular formula is C14H20N2O. The highest BCUT2D eigenvalue weighted by atomic mass is 16.7. The number of nitrogens with zero attached hydrogens (tertiary/aromatic N) is 2. The van der Waals surface area contributed by atoms with Gasteiger partial charge in [0.25, 0.3) is 0 Å². The van der Waals surface area contributed by atoms with Gasteiger partial charge in [-0.2, -0.15) is 5.06 Å². The summed E-state index contributed by atoms with van der Waals surface area (Å²) in [5.41, 5.74) is 1.20. The Labute approximate surface area is 103 Å². The molecule has 0 aliphatic carbocycles. The Morgan fingerprint density at radius 1 is 1.24 bits per heavy atom. The van der Waals surface area contributed by atoms with E-state index in [0.29, 0.717) is 6.04 Å². The molecule has 3 heteroatoms. The highest BCUT2D eigenvalue weighted by molar-refractivity contribution is 5.49. The lowest BCUT2D eigenvalue weighted by atomic mass is 10.2. The lowest BCUT2D eigenvalue weighted by molar-refractivity contribution is -0.259. The van der Waals surface area contributed by atoms with Crippen molar-refractivity contribution in [3.63, 3.8) is 0 Å². The van der Waals surface area contributed by atoms with Gasteiger partial charge in [0.1, 0.15) is 0 Å². The molecule has 2 rings (SSSR count). The molecule has 1 aromatic carbocycles. The molecule has 0 aromatic heterocycles. The predicted octanol–water partition coefficient (Wildman–Crippen LogP) is 2.22. The second kappa shape index (κ2) is 5.45. The maximum atomic E-state index is 5.80. The number of hydrogen-bond donors (Lipinski definition) is 0. The number of hydroxylamine groups is 2. The first-order valence-corrected chi connectivity index (χ1v) is 6.00. The van der Waals surface area contributed by atoms with Crippen LogP contribution in [0.1, 0.15) is 12.5 Å². The van der Waals surface area contributed by atoms with Gasteiger partial charge in [0.2, 0.25) is 0 Å². The topological polar surface area (TPSA) is 15.7 Å². The maximum absolute atomic E-state index is 5.80. The van der Waals surface area contributed by atoms with Crippen LogP contribution in [0.25, 0.3) is 6.08 Å². The molecule has 3 nitrogen and oxygen atoms in total. The van der Waals surface area contributed by atoms with E-state index in [9.17, 15) is 0 Å². The lowest BCUT2D eigenvalue weighted by Crippen LogP contribution is -2.52. The molecule has 1 aliphatic rings. The summed E-state index contributed by atoms with van der Waals surface area (Å²) in [6.45, 7) is 3.17. The van der Waals surface area contributed by atoms with E-state index in [-0.39, 0.29) is 6.23 Å². The molecule has 0 radical (unpaired) electrons. The van der Waals surface area contributed by atoms with E-state index >= 15 is 0 Å². The molecule has 1 aliphatic heterocycles. The van der Waals surface area contributed by atoms with Gasteiger partial charge in [-0.15, -0.1) is 0 Å². The maximum Gasteiger partial charge on any atom is 0.151 e. The zero-order chi connectivity index (χ0) is 12.3. The number of benzene rings is 1. The standard InChI is InChI=1S/C14H20N2O/c1-12-11-15(2)14(17-16(12)3)10-9-13-7-5-4-6-8-13/h4-10,12,14H,11H2,1-3H3/b10-9+/t12-,14-/m1/s1. The average Bonchev–Trinajstić information content (AvgIpc) is 2.33. The molecule has 17 heavy (non-hydrogen) atoms. The van der Waals surface area contributed by atoms with Crippen molar-refractivity contribution >= 4 is 6.08 Å². The highest BCUT2D eigenvalue weighted by Crippen LogP contribution is 2.15. The van der Waals surface area contributed by atoms with Crippen LogP contribution in [0, 0.1) is 0 Å². The van der Waals surface area contributed by atoms with Gasteiger partial charge >= 0.3 is 0 Å². The largest absolute Gasteiger partial charge is 0.276 e. The SMILES string of the molecule is C[C@@H]1CN(C)[C@@H](/C=C/c2ccccc2)ON1C. The summed E-state index contributed by atoms with van der Waals surface area (Å²) in [5, 5.41) is 1.93. The third-order valence-corrected chi connectivity index (χ3v) is 3.13. The molecule has 0 amide bonds. The molecule has 1 aromatic rings. The minimum Gasteiger partial charge on any atom is -0.276 e. The van der Waals surface area contributed by atoms with E-state index in [1.807, 2.05) is 30.3 Å². The number of likely N-dealkylation sites (N-methyl/N-ethyl adjacent to an activating group) is 2. The molecule has 1 saturated heterocycles. The summed E-state index contributed by atoms with van der Waals surface area (Å²) in [5.74, 6) is 0.